The lowest BCUT2D eigenvalue weighted by atomic mass is 10.2. The second-order valence-electron chi connectivity index (χ2n) is 6.32. The van der Waals surface area contributed by atoms with Crippen LogP contribution in [0.1, 0.15) is 19.9 Å². The summed E-state index contributed by atoms with van der Waals surface area (Å²) in [6.45, 7) is 4.15. The fourth-order valence-electron chi connectivity index (χ4n) is 2.96. The van der Waals surface area contributed by atoms with Gasteiger partial charge in [0.25, 0.3) is 0 Å². The molecule has 0 amide bonds. The minimum atomic E-state index is -4.30. The number of hydrogen-bond donors (Lipinski definition) is 0. The van der Waals surface area contributed by atoms with Crippen LogP contribution in [0.25, 0.3) is 16.0 Å². The quantitative estimate of drug-likeness (QED) is 0.625. The summed E-state index contributed by atoms with van der Waals surface area (Å²) in [4.78, 5) is 7.46. The highest BCUT2D eigenvalue weighted by Gasteiger charge is 2.22. The number of ether oxygens (including phenoxy) is 2. The van der Waals surface area contributed by atoms with Crippen molar-refractivity contribution in [3.63, 3.8) is 0 Å². The molecule has 29 heavy (non-hydrogen) atoms. The van der Waals surface area contributed by atoms with Gasteiger partial charge in [0.1, 0.15) is 27.3 Å². The van der Waals surface area contributed by atoms with Crippen molar-refractivity contribution < 1.29 is 22.3 Å². The van der Waals surface area contributed by atoms with Crippen molar-refractivity contribution in [2.75, 3.05) is 13.2 Å². The summed E-state index contributed by atoms with van der Waals surface area (Å²) in [5.41, 5.74) is 1.35. The Labute approximate surface area is 166 Å². The minimum absolute atomic E-state index is 0.0227. The Hall–Kier alpha value is -3.21. The van der Waals surface area contributed by atoms with E-state index in [0.717, 1.165) is 18.0 Å². The fraction of sp³-hybridized carbons (Fsp3) is 0.278. The maximum atomic E-state index is 13.6. The van der Waals surface area contributed by atoms with Crippen LogP contribution in [0.2, 0.25) is 0 Å². The van der Waals surface area contributed by atoms with Gasteiger partial charge in [-0.15, -0.1) is 5.69 Å². The third-order valence-electron chi connectivity index (χ3n) is 4.23. The van der Waals surface area contributed by atoms with Gasteiger partial charge < -0.3 is 14.2 Å². The van der Waals surface area contributed by atoms with E-state index in [1.165, 1.54) is 6.20 Å². The standard InChI is InChI=1S/C18H17FN5O4S/c1-3-27-18-16(6-12(19)8-20-18)29(25,26)23-13-7-14-15-4-5-22-24(15)11(2)10-28-17(14)21-9-13/h4-9,11H,3,10H2,1-2H3/q-1/t11-/m0/s1. The summed E-state index contributed by atoms with van der Waals surface area (Å²) < 4.78 is 55.7. The summed E-state index contributed by atoms with van der Waals surface area (Å²) in [6.07, 6.45) is 3.81. The smallest absolute Gasteiger partial charge is 0.231 e. The van der Waals surface area contributed by atoms with Crippen molar-refractivity contribution in [2.24, 2.45) is 0 Å². The lowest BCUT2D eigenvalue weighted by Gasteiger charge is -2.23. The van der Waals surface area contributed by atoms with Crippen molar-refractivity contribution in [1.82, 2.24) is 19.7 Å². The Morgan fingerprint density at radius 1 is 1.34 bits per heavy atom. The SMILES string of the molecule is CCOc1ncc(F)cc1S(=O)(=O)[N-]c1cnc2c(c1)-c1ccnn1[C@@H](C)CO2. The first kappa shape index (κ1) is 19.1. The number of aromatic nitrogens is 4. The first-order chi connectivity index (χ1) is 13.9. The Balaban J connectivity index is 1.73. The third-order valence-corrected chi connectivity index (χ3v) is 5.53. The van der Waals surface area contributed by atoms with E-state index in [4.69, 9.17) is 9.47 Å². The van der Waals surface area contributed by atoms with Crippen LogP contribution in [0, 0.1) is 5.82 Å². The Morgan fingerprint density at radius 2 is 2.17 bits per heavy atom. The Morgan fingerprint density at radius 3 is 2.97 bits per heavy atom. The van der Waals surface area contributed by atoms with E-state index in [-0.39, 0.29) is 24.2 Å². The second kappa shape index (κ2) is 7.32. The van der Waals surface area contributed by atoms with E-state index in [2.05, 4.69) is 19.8 Å². The van der Waals surface area contributed by atoms with E-state index >= 15 is 0 Å². The molecule has 0 spiro atoms. The molecule has 1 aliphatic heterocycles. The third kappa shape index (κ3) is 3.60. The molecule has 0 aliphatic carbocycles. The minimum Gasteiger partial charge on any atom is -0.571 e. The molecule has 0 N–H and O–H groups in total. The molecule has 3 aromatic heterocycles. The number of nitrogens with zero attached hydrogens (tertiary/aromatic N) is 5. The maximum absolute atomic E-state index is 13.6. The zero-order valence-corrected chi connectivity index (χ0v) is 16.4. The fourth-order valence-corrected chi connectivity index (χ4v) is 4.03. The van der Waals surface area contributed by atoms with Crippen molar-refractivity contribution >= 4 is 15.7 Å². The zero-order valence-electron chi connectivity index (χ0n) is 15.6. The largest absolute Gasteiger partial charge is 0.571 e. The number of sulfonamides is 1. The zero-order chi connectivity index (χ0) is 20.6. The van der Waals surface area contributed by atoms with E-state index in [0.29, 0.717) is 18.1 Å². The molecule has 1 aliphatic rings. The first-order valence-corrected chi connectivity index (χ1v) is 10.3. The van der Waals surface area contributed by atoms with Crippen molar-refractivity contribution in [3.8, 4) is 23.0 Å². The van der Waals surface area contributed by atoms with Gasteiger partial charge in [0.15, 0.2) is 0 Å². The normalized spacial score (nSPS) is 15.6. The van der Waals surface area contributed by atoms with Gasteiger partial charge in [0.2, 0.25) is 11.8 Å². The van der Waals surface area contributed by atoms with Gasteiger partial charge in [-0.2, -0.15) is 5.10 Å². The van der Waals surface area contributed by atoms with Crippen molar-refractivity contribution in [3.05, 3.63) is 47.3 Å². The van der Waals surface area contributed by atoms with Crippen LogP contribution in [0.5, 0.6) is 11.8 Å². The molecule has 0 saturated carbocycles. The van der Waals surface area contributed by atoms with Crippen LogP contribution in [0.15, 0.2) is 41.7 Å². The number of fused-ring (bicyclic) bond motifs is 3. The monoisotopic (exact) mass is 418 g/mol. The summed E-state index contributed by atoms with van der Waals surface area (Å²) in [6, 6.07) is 4.13. The number of pyridine rings is 2. The molecule has 152 valence electrons. The Kier molecular flexibility index (Phi) is 4.82. The molecular formula is C18H17FN5O4S-. The molecule has 0 aromatic carbocycles. The average molecular weight is 418 g/mol. The molecular weight excluding hydrogens is 401 g/mol. The molecule has 0 unspecified atom stereocenters. The van der Waals surface area contributed by atoms with Crippen LogP contribution in [0.3, 0.4) is 0 Å². The molecule has 0 bridgehead atoms. The average Bonchev–Trinajstić information content (AvgIpc) is 3.13. The first-order valence-electron chi connectivity index (χ1n) is 8.82. The number of rotatable bonds is 5. The molecule has 11 heteroatoms. The maximum Gasteiger partial charge on any atom is 0.231 e. The van der Waals surface area contributed by atoms with Crippen LogP contribution in [-0.2, 0) is 10.0 Å². The van der Waals surface area contributed by atoms with E-state index in [1.54, 1.807) is 29.9 Å². The van der Waals surface area contributed by atoms with E-state index < -0.39 is 20.7 Å². The van der Waals surface area contributed by atoms with Crippen molar-refractivity contribution in [1.29, 1.82) is 0 Å². The molecule has 4 heterocycles. The van der Waals surface area contributed by atoms with Gasteiger partial charge in [0, 0.05) is 12.4 Å². The molecule has 3 aromatic rings. The summed E-state index contributed by atoms with van der Waals surface area (Å²) in [5.74, 6) is -0.668. The van der Waals surface area contributed by atoms with Gasteiger partial charge in [-0.3, -0.25) is 4.68 Å². The number of halogens is 1. The van der Waals surface area contributed by atoms with Gasteiger partial charge in [-0.1, -0.05) is 6.07 Å². The van der Waals surface area contributed by atoms with Gasteiger partial charge in [-0.25, -0.2) is 22.8 Å². The predicted octanol–water partition coefficient (Wildman–Crippen LogP) is 3.23. The van der Waals surface area contributed by atoms with Crippen molar-refractivity contribution in [2.45, 2.75) is 24.8 Å². The van der Waals surface area contributed by atoms with E-state index in [9.17, 15) is 12.8 Å². The highest BCUT2D eigenvalue weighted by atomic mass is 32.2. The molecule has 9 nitrogen and oxygen atoms in total. The van der Waals surface area contributed by atoms with Gasteiger partial charge in [-0.05, 0) is 26.0 Å². The summed E-state index contributed by atoms with van der Waals surface area (Å²) >= 11 is 0. The van der Waals surface area contributed by atoms with Gasteiger partial charge in [0.05, 0.1) is 30.1 Å². The molecule has 4 rings (SSSR count). The highest BCUT2D eigenvalue weighted by Crippen LogP contribution is 2.39. The van der Waals surface area contributed by atoms with Crippen LogP contribution in [0.4, 0.5) is 10.1 Å². The van der Waals surface area contributed by atoms with Gasteiger partial charge >= 0.3 is 0 Å². The highest BCUT2D eigenvalue weighted by molar-refractivity contribution is 7.94. The molecule has 0 radical (unpaired) electrons. The lowest BCUT2D eigenvalue weighted by Crippen LogP contribution is -2.13. The lowest BCUT2D eigenvalue weighted by molar-refractivity contribution is 0.252. The van der Waals surface area contributed by atoms with E-state index in [1.807, 2.05) is 6.92 Å². The Bertz CT molecular complexity index is 1160. The van der Waals surface area contributed by atoms with Crippen LogP contribution < -0.4 is 9.47 Å². The summed E-state index contributed by atoms with van der Waals surface area (Å²) in [7, 11) is -4.30. The second-order valence-corrected chi connectivity index (χ2v) is 7.90. The number of hydrogen-bond acceptors (Lipinski definition) is 7. The molecule has 0 saturated heterocycles. The molecule has 0 fully saturated rings. The summed E-state index contributed by atoms with van der Waals surface area (Å²) in [5, 5.41) is 4.28. The topological polar surface area (TPSA) is 110 Å². The molecule has 1 atom stereocenters. The van der Waals surface area contributed by atoms with Crippen LogP contribution in [-0.4, -0.2) is 41.4 Å². The predicted molar refractivity (Wildman–Crippen MR) is 101 cm³/mol. The van der Waals surface area contributed by atoms with Crippen LogP contribution >= 0.6 is 0 Å².